The van der Waals surface area contributed by atoms with Crippen LogP contribution in [0.1, 0.15) is 30.9 Å². The molecule has 0 bridgehead atoms. The molecule has 1 atom stereocenters. The summed E-state index contributed by atoms with van der Waals surface area (Å²) in [4.78, 5) is 6.62. The van der Waals surface area contributed by atoms with E-state index in [0.29, 0.717) is 6.04 Å². The fraction of sp³-hybridized carbons (Fsp3) is 0.625. The molecule has 0 aliphatic carbocycles. The monoisotopic (exact) mass is 276 g/mol. The van der Waals surface area contributed by atoms with Crippen LogP contribution in [0.15, 0.2) is 29.2 Å². The predicted octanol–water partition coefficient (Wildman–Crippen LogP) is 3.25. The van der Waals surface area contributed by atoms with Crippen LogP contribution in [0.4, 0.5) is 0 Å². The molecule has 3 rings (SSSR count). The maximum absolute atomic E-state index is 2.72. The fourth-order valence-corrected chi connectivity index (χ4v) is 4.52. The van der Waals surface area contributed by atoms with Crippen LogP contribution in [0.2, 0.25) is 0 Å². The van der Waals surface area contributed by atoms with Gasteiger partial charge in [0.15, 0.2) is 0 Å². The first-order chi connectivity index (χ1) is 9.25. The van der Waals surface area contributed by atoms with Crippen molar-refractivity contribution in [2.24, 2.45) is 0 Å². The number of rotatable bonds is 2. The van der Waals surface area contributed by atoms with Crippen molar-refractivity contribution in [3.05, 3.63) is 29.8 Å². The number of nitrogens with zero attached hydrogens (tertiary/aromatic N) is 2. The van der Waals surface area contributed by atoms with Gasteiger partial charge in [-0.3, -0.25) is 4.90 Å². The van der Waals surface area contributed by atoms with Gasteiger partial charge in [0, 0.05) is 30.1 Å². The van der Waals surface area contributed by atoms with Crippen molar-refractivity contribution in [3.63, 3.8) is 0 Å². The third-order valence-corrected chi connectivity index (χ3v) is 5.72. The van der Waals surface area contributed by atoms with Crippen LogP contribution >= 0.6 is 11.8 Å². The average molecular weight is 276 g/mol. The summed E-state index contributed by atoms with van der Waals surface area (Å²) < 4.78 is 0. The van der Waals surface area contributed by atoms with Crippen molar-refractivity contribution < 1.29 is 0 Å². The first-order valence-corrected chi connectivity index (χ1v) is 8.36. The van der Waals surface area contributed by atoms with Crippen LogP contribution in [-0.4, -0.2) is 48.8 Å². The van der Waals surface area contributed by atoms with E-state index in [2.05, 4.69) is 48.2 Å². The third-order valence-electron chi connectivity index (χ3n) is 4.60. The number of likely N-dealkylation sites (tertiary alicyclic amines) is 1. The van der Waals surface area contributed by atoms with Crippen molar-refractivity contribution in [1.82, 2.24) is 9.80 Å². The molecule has 2 aliphatic rings. The largest absolute Gasteiger partial charge is 0.306 e. The van der Waals surface area contributed by atoms with Gasteiger partial charge in [0.2, 0.25) is 0 Å². The molecule has 0 saturated carbocycles. The quantitative estimate of drug-likeness (QED) is 0.819. The zero-order valence-corrected chi connectivity index (χ0v) is 12.8. The Morgan fingerprint density at radius 2 is 1.84 bits per heavy atom. The van der Waals surface area contributed by atoms with E-state index in [1.807, 2.05) is 11.8 Å². The average Bonchev–Trinajstić information content (AvgIpc) is 2.47. The molecule has 19 heavy (non-hydrogen) atoms. The Labute approximate surface area is 121 Å². The number of hydrogen-bond acceptors (Lipinski definition) is 3. The summed E-state index contributed by atoms with van der Waals surface area (Å²) in [5, 5.41) is 0. The minimum atomic E-state index is 0.667. The van der Waals surface area contributed by atoms with Crippen LogP contribution in [0.5, 0.6) is 0 Å². The van der Waals surface area contributed by atoms with E-state index in [-0.39, 0.29) is 0 Å². The molecule has 0 spiro atoms. The highest BCUT2D eigenvalue weighted by Crippen LogP contribution is 2.40. The second-order valence-corrected chi connectivity index (χ2v) is 7.06. The number of fused-ring (bicyclic) bond motifs is 1. The summed E-state index contributed by atoms with van der Waals surface area (Å²) in [5.41, 5.74) is 1.57. The lowest BCUT2D eigenvalue weighted by molar-refractivity contribution is 0.104. The molecule has 1 aromatic rings. The van der Waals surface area contributed by atoms with Gasteiger partial charge in [0.1, 0.15) is 0 Å². The summed E-state index contributed by atoms with van der Waals surface area (Å²) in [7, 11) is 4.43. The summed E-state index contributed by atoms with van der Waals surface area (Å²) in [6.45, 7) is 2.51. The lowest BCUT2D eigenvalue weighted by Gasteiger charge is -2.41. The normalized spacial score (nSPS) is 25.5. The van der Waals surface area contributed by atoms with Crippen LogP contribution in [0.3, 0.4) is 0 Å². The Kier molecular flexibility index (Phi) is 4.15. The lowest BCUT2D eigenvalue weighted by atomic mass is 9.97. The zero-order chi connectivity index (χ0) is 13.2. The molecular weight excluding hydrogens is 252 g/mol. The fourth-order valence-electron chi connectivity index (χ4n) is 3.42. The van der Waals surface area contributed by atoms with Gasteiger partial charge in [-0.25, -0.2) is 0 Å². The standard InChI is InChI=1S/C16H24N2S/c1-17(2)13-7-10-18(11-8-13)15-9-12-19-16-6-4-3-5-14(15)16/h3-6,13,15H,7-12H2,1-2H3. The van der Waals surface area contributed by atoms with Crippen molar-refractivity contribution >= 4 is 11.8 Å². The first-order valence-electron chi connectivity index (χ1n) is 7.38. The van der Waals surface area contributed by atoms with E-state index in [0.717, 1.165) is 6.04 Å². The topological polar surface area (TPSA) is 6.48 Å². The molecule has 0 aromatic heterocycles. The van der Waals surface area contributed by atoms with Crippen LogP contribution in [0.25, 0.3) is 0 Å². The zero-order valence-electron chi connectivity index (χ0n) is 12.0. The SMILES string of the molecule is CN(C)C1CCN(C2CCSc3ccccc32)CC1. The first kappa shape index (κ1) is 13.5. The van der Waals surface area contributed by atoms with Crippen LogP contribution in [-0.2, 0) is 0 Å². The second-order valence-electron chi connectivity index (χ2n) is 5.92. The number of hydrogen-bond donors (Lipinski definition) is 0. The van der Waals surface area contributed by atoms with Crippen LogP contribution < -0.4 is 0 Å². The maximum Gasteiger partial charge on any atom is 0.0367 e. The van der Waals surface area contributed by atoms with Gasteiger partial charge in [-0.2, -0.15) is 0 Å². The molecule has 0 amide bonds. The Bertz CT molecular complexity index is 425. The Morgan fingerprint density at radius 1 is 1.11 bits per heavy atom. The molecule has 0 radical (unpaired) electrons. The summed E-state index contributed by atoms with van der Waals surface area (Å²) in [6.07, 6.45) is 3.95. The molecule has 104 valence electrons. The van der Waals surface area contributed by atoms with E-state index in [9.17, 15) is 0 Å². The van der Waals surface area contributed by atoms with Gasteiger partial charge in [0.25, 0.3) is 0 Å². The van der Waals surface area contributed by atoms with Crippen molar-refractivity contribution in [2.45, 2.75) is 36.2 Å². The van der Waals surface area contributed by atoms with Gasteiger partial charge in [0.05, 0.1) is 0 Å². The van der Waals surface area contributed by atoms with E-state index in [1.165, 1.54) is 43.0 Å². The minimum Gasteiger partial charge on any atom is -0.306 e. The molecule has 2 nitrogen and oxygen atoms in total. The summed E-state index contributed by atoms with van der Waals surface area (Å²) in [6, 6.07) is 10.4. The predicted molar refractivity (Wildman–Crippen MR) is 82.8 cm³/mol. The second kappa shape index (κ2) is 5.86. The molecular formula is C16H24N2S. The molecule has 2 aliphatic heterocycles. The van der Waals surface area contributed by atoms with Crippen molar-refractivity contribution in [1.29, 1.82) is 0 Å². The van der Waals surface area contributed by atoms with E-state index in [1.54, 1.807) is 5.56 Å². The van der Waals surface area contributed by atoms with Gasteiger partial charge in [-0.1, -0.05) is 18.2 Å². The third kappa shape index (κ3) is 2.83. The smallest absolute Gasteiger partial charge is 0.0367 e. The van der Waals surface area contributed by atoms with Gasteiger partial charge in [-0.05, 0) is 50.7 Å². The summed E-state index contributed by atoms with van der Waals surface area (Å²) in [5.74, 6) is 1.27. The number of piperidine rings is 1. The molecule has 1 fully saturated rings. The molecule has 2 heterocycles. The molecule has 1 unspecified atom stereocenters. The van der Waals surface area contributed by atoms with Gasteiger partial charge >= 0.3 is 0 Å². The molecule has 0 N–H and O–H groups in total. The number of thioether (sulfide) groups is 1. The summed E-state index contributed by atoms with van der Waals surface area (Å²) >= 11 is 2.03. The highest BCUT2D eigenvalue weighted by Gasteiger charge is 2.29. The molecule has 1 aromatic carbocycles. The lowest BCUT2D eigenvalue weighted by Crippen LogP contribution is -2.43. The van der Waals surface area contributed by atoms with E-state index >= 15 is 0 Å². The Morgan fingerprint density at radius 3 is 2.58 bits per heavy atom. The van der Waals surface area contributed by atoms with E-state index in [4.69, 9.17) is 0 Å². The van der Waals surface area contributed by atoms with Crippen molar-refractivity contribution in [2.75, 3.05) is 32.9 Å². The highest BCUT2D eigenvalue weighted by molar-refractivity contribution is 7.99. The Balaban J connectivity index is 1.71. The molecule has 3 heteroatoms. The highest BCUT2D eigenvalue weighted by atomic mass is 32.2. The van der Waals surface area contributed by atoms with E-state index < -0.39 is 0 Å². The maximum atomic E-state index is 2.72. The number of benzene rings is 1. The minimum absolute atomic E-state index is 0.667. The van der Waals surface area contributed by atoms with Gasteiger partial charge < -0.3 is 4.90 Å². The van der Waals surface area contributed by atoms with Crippen molar-refractivity contribution in [3.8, 4) is 0 Å². The van der Waals surface area contributed by atoms with Crippen LogP contribution in [0, 0.1) is 0 Å². The van der Waals surface area contributed by atoms with Gasteiger partial charge in [-0.15, -0.1) is 11.8 Å². The Hall–Kier alpha value is -0.510. The molecule has 1 saturated heterocycles.